The summed E-state index contributed by atoms with van der Waals surface area (Å²) >= 11 is 0. The first-order valence-corrected chi connectivity index (χ1v) is 10.2. The highest BCUT2D eigenvalue weighted by molar-refractivity contribution is 5.93. The summed E-state index contributed by atoms with van der Waals surface area (Å²) in [6.45, 7) is 10.5. The third kappa shape index (κ3) is 7.91. The predicted octanol–water partition coefficient (Wildman–Crippen LogP) is -1.27. The van der Waals surface area contributed by atoms with Crippen LogP contribution in [0.15, 0.2) is 18.2 Å². The van der Waals surface area contributed by atoms with Crippen LogP contribution in [0.5, 0.6) is 11.5 Å². The fourth-order valence-corrected chi connectivity index (χ4v) is 3.57. The summed E-state index contributed by atoms with van der Waals surface area (Å²) in [6, 6.07) is 5.33. The summed E-state index contributed by atoms with van der Waals surface area (Å²) < 4.78 is 10.6. The Labute approximate surface area is 173 Å². The molecule has 2 rings (SSSR count). The molecule has 29 heavy (non-hydrogen) atoms. The van der Waals surface area contributed by atoms with Crippen molar-refractivity contribution in [2.24, 2.45) is 0 Å². The topological polar surface area (TPSA) is 85.5 Å². The maximum absolute atomic E-state index is 12.6. The molecule has 1 aliphatic rings. The number of rotatable bonds is 7. The maximum Gasteiger partial charge on any atom is 0.279 e. The maximum atomic E-state index is 12.6. The Morgan fingerprint density at radius 2 is 1.59 bits per heavy atom. The van der Waals surface area contributed by atoms with E-state index in [9.17, 15) is 9.59 Å². The zero-order valence-corrected chi connectivity index (χ0v) is 18.3. The Kier molecular flexibility index (Phi) is 8.28. The average molecular weight is 409 g/mol. The standard InChI is InChI=1S/C21H34N4O4/c1-21(2,3)23-20(27)15-25-10-6-9-24(11-12-25)14-19(26)22-17-13-16(28-4)7-8-18(17)29-5/h7-8,13H,6,9-12,14-15H2,1-5H3,(H,22,26)(H,23,27)/p+2. The minimum atomic E-state index is -0.209. The van der Waals surface area contributed by atoms with Crippen LogP contribution in [0.4, 0.5) is 5.69 Å². The van der Waals surface area contributed by atoms with Gasteiger partial charge in [0.15, 0.2) is 13.1 Å². The van der Waals surface area contributed by atoms with Gasteiger partial charge < -0.3 is 29.9 Å². The Morgan fingerprint density at radius 3 is 2.14 bits per heavy atom. The minimum Gasteiger partial charge on any atom is -0.497 e. The first-order valence-electron chi connectivity index (χ1n) is 10.2. The molecule has 1 aromatic carbocycles. The summed E-state index contributed by atoms with van der Waals surface area (Å²) in [5.74, 6) is 1.29. The Balaban J connectivity index is 1.85. The zero-order chi connectivity index (χ0) is 21.4. The number of carbonyl (C=O) groups is 2. The molecule has 2 amide bonds. The van der Waals surface area contributed by atoms with Crippen molar-refractivity contribution in [1.29, 1.82) is 0 Å². The number of methoxy groups -OCH3 is 2. The lowest BCUT2D eigenvalue weighted by Gasteiger charge is -2.22. The number of amides is 2. The predicted molar refractivity (Wildman–Crippen MR) is 112 cm³/mol. The van der Waals surface area contributed by atoms with Gasteiger partial charge in [-0.2, -0.15) is 0 Å². The fourth-order valence-electron chi connectivity index (χ4n) is 3.57. The second-order valence-electron chi connectivity index (χ2n) is 8.62. The number of nitrogens with one attached hydrogen (secondary N) is 4. The second kappa shape index (κ2) is 10.5. The normalized spacial score (nSPS) is 19.8. The van der Waals surface area contributed by atoms with Crippen molar-refractivity contribution in [3.8, 4) is 11.5 Å². The monoisotopic (exact) mass is 408 g/mol. The van der Waals surface area contributed by atoms with Gasteiger partial charge in [0.05, 0.1) is 33.0 Å². The van der Waals surface area contributed by atoms with Crippen LogP contribution in [0.25, 0.3) is 0 Å². The van der Waals surface area contributed by atoms with Crippen LogP contribution in [-0.4, -0.2) is 70.8 Å². The fraction of sp³-hybridized carbons (Fsp3) is 0.619. The van der Waals surface area contributed by atoms with E-state index >= 15 is 0 Å². The van der Waals surface area contributed by atoms with E-state index in [1.807, 2.05) is 20.8 Å². The van der Waals surface area contributed by atoms with Crippen LogP contribution in [0.1, 0.15) is 27.2 Å². The summed E-state index contributed by atoms with van der Waals surface area (Å²) in [4.78, 5) is 27.3. The Morgan fingerprint density at radius 1 is 0.966 bits per heavy atom. The number of anilines is 1. The highest BCUT2D eigenvalue weighted by Crippen LogP contribution is 2.28. The molecular formula is C21H36N4O4+2. The quantitative estimate of drug-likeness (QED) is 0.453. The van der Waals surface area contributed by atoms with Crippen LogP contribution in [0.3, 0.4) is 0 Å². The number of hydrogen-bond donors (Lipinski definition) is 4. The van der Waals surface area contributed by atoms with Gasteiger partial charge in [0.2, 0.25) is 0 Å². The first kappa shape index (κ1) is 23.0. The van der Waals surface area contributed by atoms with Gasteiger partial charge in [0.25, 0.3) is 11.8 Å². The Bertz CT molecular complexity index is 702. The van der Waals surface area contributed by atoms with Crippen molar-refractivity contribution < 1.29 is 28.9 Å². The summed E-state index contributed by atoms with van der Waals surface area (Å²) in [5.41, 5.74) is 0.399. The minimum absolute atomic E-state index is 0.0551. The van der Waals surface area contributed by atoms with E-state index in [1.165, 1.54) is 9.80 Å². The van der Waals surface area contributed by atoms with Crippen LogP contribution in [0, 0.1) is 0 Å². The van der Waals surface area contributed by atoms with E-state index in [1.54, 1.807) is 32.4 Å². The molecular weight excluding hydrogens is 372 g/mol. The van der Waals surface area contributed by atoms with Crippen molar-refractivity contribution in [1.82, 2.24) is 5.32 Å². The molecule has 8 heteroatoms. The molecule has 0 saturated carbocycles. The SMILES string of the molecule is COc1ccc(OC)c(NC(=O)C[NH+]2CCC[NH+](CC(=O)NC(C)(C)C)CC2)c1. The Hall–Kier alpha value is -2.32. The molecule has 1 fully saturated rings. The van der Waals surface area contributed by atoms with Gasteiger partial charge in [0.1, 0.15) is 24.6 Å². The molecule has 0 spiro atoms. The van der Waals surface area contributed by atoms with Gasteiger partial charge in [-0.05, 0) is 32.9 Å². The summed E-state index contributed by atoms with van der Waals surface area (Å²) in [6.07, 6.45) is 0.989. The van der Waals surface area contributed by atoms with Gasteiger partial charge in [-0.1, -0.05) is 0 Å². The molecule has 1 aromatic rings. The van der Waals surface area contributed by atoms with Crippen LogP contribution in [-0.2, 0) is 9.59 Å². The molecule has 0 radical (unpaired) electrons. The van der Waals surface area contributed by atoms with Gasteiger partial charge in [0, 0.05) is 18.0 Å². The first-order chi connectivity index (χ1) is 13.7. The third-order valence-electron chi connectivity index (χ3n) is 4.91. The van der Waals surface area contributed by atoms with E-state index in [4.69, 9.17) is 9.47 Å². The van der Waals surface area contributed by atoms with E-state index in [0.29, 0.717) is 30.3 Å². The number of benzene rings is 1. The molecule has 1 saturated heterocycles. The number of carbonyl (C=O) groups excluding carboxylic acids is 2. The number of hydrogen-bond acceptors (Lipinski definition) is 4. The van der Waals surface area contributed by atoms with Crippen molar-refractivity contribution >= 4 is 17.5 Å². The van der Waals surface area contributed by atoms with Gasteiger partial charge >= 0.3 is 0 Å². The lowest BCUT2D eigenvalue weighted by atomic mass is 10.1. The van der Waals surface area contributed by atoms with Crippen LogP contribution < -0.4 is 29.9 Å². The number of quaternary nitrogens is 2. The lowest BCUT2D eigenvalue weighted by Crippen LogP contribution is -3.18. The molecule has 1 aliphatic heterocycles. The van der Waals surface area contributed by atoms with E-state index in [0.717, 1.165) is 32.6 Å². The highest BCUT2D eigenvalue weighted by Gasteiger charge is 2.25. The molecule has 0 aromatic heterocycles. The molecule has 2 atom stereocenters. The molecule has 8 nitrogen and oxygen atoms in total. The smallest absolute Gasteiger partial charge is 0.279 e. The summed E-state index contributed by atoms with van der Waals surface area (Å²) in [5, 5.41) is 5.96. The largest absolute Gasteiger partial charge is 0.497 e. The zero-order valence-electron chi connectivity index (χ0n) is 18.3. The van der Waals surface area contributed by atoms with Crippen molar-refractivity contribution in [3.63, 3.8) is 0 Å². The number of ether oxygens (including phenoxy) is 2. The third-order valence-corrected chi connectivity index (χ3v) is 4.91. The lowest BCUT2D eigenvalue weighted by molar-refractivity contribution is -0.930. The van der Waals surface area contributed by atoms with Gasteiger partial charge in [-0.3, -0.25) is 9.59 Å². The van der Waals surface area contributed by atoms with Crippen molar-refractivity contribution in [2.75, 3.05) is 58.8 Å². The second-order valence-corrected chi connectivity index (χ2v) is 8.62. The van der Waals surface area contributed by atoms with E-state index < -0.39 is 0 Å². The van der Waals surface area contributed by atoms with E-state index in [2.05, 4.69) is 10.6 Å². The van der Waals surface area contributed by atoms with Crippen LogP contribution >= 0.6 is 0 Å². The highest BCUT2D eigenvalue weighted by atomic mass is 16.5. The molecule has 0 bridgehead atoms. The van der Waals surface area contributed by atoms with Crippen LogP contribution in [0.2, 0.25) is 0 Å². The van der Waals surface area contributed by atoms with E-state index in [-0.39, 0.29) is 17.4 Å². The van der Waals surface area contributed by atoms with Crippen molar-refractivity contribution in [2.45, 2.75) is 32.7 Å². The molecule has 0 aliphatic carbocycles. The summed E-state index contributed by atoms with van der Waals surface area (Å²) in [7, 11) is 3.16. The average Bonchev–Trinajstić information content (AvgIpc) is 2.85. The van der Waals surface area contributed by atoms with Gasteiger partial charge in [-0.15, -0.1) is 0 Å². The molecule has 4 N–H and O–H groups in total. The molecule has 1 heterocycles. The molecule has 162 valence electrons. The van der Waals surface area contributed by atoms with Gasteiger partial charge in [-0.25, -0.2) is 0 Å². The van der Waals surface area contributed by atoms with Crippen molar-refractivity contribution in [3.05, 3.63) is 18.2 Å². The molecule has 2 unspecified atom stereocenters.